The van der Waals surface area contributed by atoms with Gasteiger partial charge in [0.05, 0.1) is 24.8 Å². The first-order valence-electron chi connectivity index (χ1n) is 6.19. The molecule has 3 heteroatoms. The fourth-order valence-electron chi connectivity index (χ4n) is 2.70. The molecule has 3 nitrogen and oxygen atoms in total. The van der Waals surface area contributed by atoms with E-state index in [4.69, 9.17) is 4.42 Å². The van der Waals surface area contributed by atoms with Crippen molar-refractivity contribution in [3.8, 4) is 0 Å². The first-order valence-corrected chi connectivity index (χ1v) is 6.19. The summed E-state index contributed by atoms with van der Waals surface area (Å²) in [5.41, 5.74) is 2.77. The van der Waals surface area contributed by atoms with E-state index in [2.05, 4.69) is 0 Å². The summed E-state index contributed by atoms with van der Waals surface area (Å²) in [6.07, 6.45) is 3.31. The second-order valence-electron chi connectivity index (χ2n) is 4.70. The lowest BCUT2D eigenvalue weighted by molar-refractivity contribution is 0.0991. The fraction of sp³-hybridized carbons (Fsp3) is 0.0625. The zero-order valence-corrected chi connectivity index (χ0v) is 10.2. The van der Waals surface area contributed by atoms with Crippen LogP contribution in [0.25, 0.3) is 10.8 Å². The van der Waals surface area contributed by atoms with Gasteiger partial charge in [0.2, 0.25) is 0 Å². The molecule has 1 aliphatic rings. The molecule has 0 fully saturated rings. The molecule has 4 rings (SSSR count). The minimum absolute atomic E-state index is 0.0630. The number of hydrogen-bond donors (Lipinski definition) is 0. The molecule has 0 atom stereocenters. The van der Waals surface area contributed by atoms with Gasteiger partial charge in [-0.1, -0.05) is 24.3 Å². The molecular formula is C16H11NO2. The maximum atomic E-state index is 12.5. The van der Waals surface area contributed by atoms with Gasteiger partial charge in [0.15, 0.2) is 0 Å². The monoisotopic (exact) mass is 249 g/mol. The van der Waals surface area contributed by atoms with E-state index in [1.54, 1.807) is 12.5 Å². The van der Waals surface area contributed by atoms with Crippen molar-refractivity contribution in [2.75, 3.05) is 4.90 Å². The van der Waals surface area contributed by atoms with Crippen molar-refractivity contribution in [1.82, 2.24) is 0 Å². The number of furan rings is 1. The summed E-state index contributed by atoms with van der Waals surface area (Å²) in [7, 11) is 0. The molecule has 0 aliphatic carbocycles. The SMILES string of the molecule is O=C1c2cccc3cccc(c23)N1Cc1ccoc1. The Morgan fingerprint density at radius 2 is 1.89 bits per heavy atom. The van der Waals surface area contributed by atoms with E-state index in [0.29, 0.717) is 6.54 Å². The molecule has 92 valence electrons. The Bertz CT molecular complexity index is 769. The number of rotatable bonds is 2. The molecule has 19 heavy (non-hydrogen) atoms. The second-order valence-corrected chi connectivity index (χ2v) is 4.70. The number of hydrogen-bond acceptors (Lipinski definition) is 2. The number of nitrogens with zero attached hydrogens (tertiary/aromatic N) is 1. The third-order valence-electron chi connectivity index (χ3n) is 3.57. The maximum Gasteiger partial charge on any atom is 0.259 e. The van der Waals surface area contributed by atoms with Gasteiger partial charge in [-0.2, -0.15) is 0 Å². The van der Waals surface area contributed by atoms with Crippen molar-refractivity contribution in [3.05, 3.63) is 66.1 Å². The Hall–Kier alpha value is -2.55. The minimum atomic E-state index is 0.0630. The van der Waals surface area contributed by atoms with Crippen LogP contribution in [-0.4, -0.2) is 5.91 Å². The van der Waals surface area contributed by atoms with Crippen molar-refractivity contribution >= 4 is 22.4 Å². The van der Waals surface area contributed by atoms with Crippen LogP contribution >= 0.6 is 0 Å². The van der Waals surface area contributed by atoms with Gasteiger partial charge in [-0.3, -0.25) is 4.79 Å². The van der Waals surface area contributed by atoms with Crippen LogP contribution in [0.4, 0.5) is 5.69 Å². The second kappa shape index (κ2) is 3.72. The topological polar surface area (TPSA) is 33.5 Å². The molecule has 0 unspecified atom stereocenters. The van der Waals surface area contributed by atoms with Gasteiger partial charge in [0.1, 0.15) is 0 Å². The predicted molar refractivity (Wildman–Crippen MR) is 73.2 cm³/mol. The van der Waals surface area contributed by atoms with Crippen molar-refractivity contribution in [2.24, 2.45) is 0 Å². The Labute approximate surface area is 110 Å². The average molecular weight is 249 g/mol. The largest absolute Gasteiger partial charge is 0.472 e. The van der Waals surface area contributed by atoms with Crippen LogP contribution in [-0.2, 0) is 6.54 Å². The molecule has 1 aromatic heterocycles. The molecule has 0 bridgehead atoms. The third-order valence-corrected chi connectivity index (χ3v) is 3.57. The van der Waals surface area contributed by atoms with Gasteiger partial charge in [-0.25, -0.2) is 0 Å². The van der Waals surface area contributed by atoms with Gasteiger partial charge in [-0.15, -0.1) is 0 Å². The van der Waals surface area contributed by atoms with Crippen LogP contribution in [0.2, 0.25) is 0 Å². The highest BCUT2D eigenvalue weighted by atomic mass is 16.3. The number of carbonyl (C=O) groups is 1. The van der Waals surface area contributed by atoms with Crippen molar-refractivity contribution in [1.29, 1.82) is 0 Å². The van der Waals surface area contributed by atoms with Crippen LogP contribution in [0.3, 0.4) is 0 Å². The molecule has 3 aromatic rings. The van der Waals surface area contributed by atoms with Gasteiger partial charge < -0.3 is 9.32 Å². The normalized spacial score (nSPS) is 13.5. The first-order chi connectivity index (χ1) is 9.34. The number of benzene rings is 2. The molecule has 0 radical (unpaired) electrons. The number of anilines is 1. The summed E-state index contributed by atoms with van der Waals surface area (Å²) in [4.78, 5) is 14.3. The summed E-state index contributed by atoms with van der Waals surface area (Å²) in [5.74, 6) is 0.0630. The third kappa shape index (κ3) is 1.41. The van der Waals surface area contributed by atoms with Crippen LogP contribution in [0.5, 0.6) is 0 Å². The van der Waals surface area contributed by atoms with E-state index >= 15 is 0 Å². The lowest BCUT2D eigenvalue weighted by Crippen LogP contribution is -2.25. The Kier molecular flexibility index (Phi) is 2.03. The Morgan fingerprint density at radius 1 is 1.05 bits per heavy atom. The molecule has 0 saturated heterocycles. The van der Waals surface area contributed by atoms with E-state index in [1.165, 1.54) is 0 Å². The maximum absolute atomic E-state index is 12.5. The Balaban J connectivity index is 1.89. The highest BCUT2D eigenvalue weighted by Crippen LogP contribution is 2.37. The molecule has 0 spiro atoms. The van der Waals surface area contributed by atoms with E-state index < -0.39 is 0 Å². The van der Waals surface area contributed by atoms with Crippen molar-refractivity contribution in [2.45, 2.75) is 6.54 Å². The molecule has 1 aliphatic heterocycles. The zero-order valence-electron chi connectivity index (χ0n) is 10.2. The molecule has 2 aromatic carbocycles. The summed E-state index contributed by atoms with van der Waals surface area (Å²) in [6, 6.07) is 13.8. The van der Waals surface area contributed by atoms with Crippen LogP contribution in [0.1, 0.15) is 15.9 Å². The summed E-state index contributed by atoms with van der Waals surface area (Å²) in [6.45, 7) is 0.545. The lowest BCUT2D eigenvalue weighted by Gasteiger charge is -2.16. The molecule has 1 amide bonds. The number of amides is 1. The Morgan fingerprint density at radius 3 is 2.68 bits per heavy atom. The van der Waals surface area contributed by atoms with Gasteiger partial charge in [0.25, 0.3) is 5.91 Å². The smallest absolute Gasteiger partial charge is 0.259 e. The van der Waals surface area contributed by atoms with Gasteiger partial charge >= 0.3 is 0 Å². The highest BCUT2D eigenvalue weighted by molar-refractivity contribution is 6.24. The zero-order chi connectivity index (χ0) is 12.8. The van der Waals surface area contributed by atoms with E-state index in [-0.39, 0.29) is 5.91 Å². The standard InChI is InChI=1S/C16H11NO2/c18-16-13-5-1-3-12-4-2-6-14(15(12)13)17(16)9-11-7-8-19-10-11/h1-8,10H,9H2. The summed E-state index contributed by atoms with van der Waals surface area (Å²) < 4.78 is 5.07. The first kappa shape index (κ1) is 10.4. The van der Waals surface area contributed by atoms with Gasteiger partial charge in [0, 0.05) is 16.5 Å². The fourth-order valence-corrected chi connectivity index (χ4v) is 2.70. The van der Waals surface area contributed by atoms with Crippen LogP contribution in [0.15, 0.2) is 59.4 Å². The highest BCUT2D eigenvalue weighted by Gasteiger charge is 2.29. The van der Waals surface area contributed by atoms with Crippen molar-refractivity contribution in [3.63, 3.8) is 0 Å². The van der Waals surface area contributed by atoms with E-state index in [9.17, 15) is 4.79 Å². The lowest BCUT2D eigenvalue weighted by atomic mass is 10.1. The van der Waals surface area contributed by atoms with Crippen LogP contribution < -0.4 is 4.90 Å². The summed E-state index contributed by atoms with van der Waals surface area (Å²) in [5, 5.41) is 2.16. The summed E-state index contributed by atoms with van der Waals surface area (Å²) >= 11 is 0. The molecule has 0 saturated carbocycles. The molecule has 0 N–H and O–H groups in total. The van der Waals surface area contributed by atoms with Crippen LogP contribution in [0, 0.1) is 0 Å². The van der Waals surface area contributed by atoms with E-state index in [1.807, 2.05) is 47.4 Å². The quantitative estimate of drug-likeness (QED) is 0.695. The molecule has 2 heterocycles. The minimum Gasteiger partial charge on any atom is -0.472 e. The van der Waals surface area contributed by atoms with E-state index in [0.717, 1.165) is 27.6 Å². The molecular weight excluding hydrogens is 238 g/mol. The van der Waals surface area contributed by atoms with Gasteiger partial charge in [-0.05, 0) is 23.6 Å². The van der Waals surface area contributed by atoms with Crippen molar-refractivity contribution < 1.29 is 9.21 Å². The predicted octanol–water partition coefficient (Wildman–Crippen LogP) is 3.59. The number of carbonyl (C=O) groups excluding carboxylic acids is 1. The average Bonchev–Trinajstić information content (AvgIpc) is 3.04.